The summed E-state index contributed by atoms with van der Waals surface area (Å²) in [5, 5.41) is 22.3. The van der Waals surface area contributed by atoms with Crippen molar-refractivity contribution < 1.29 is 29.4 Å². The molecule has 0 radical (unpaired) electrons. The van der Waals surface area contributed by atoms with E-state index >= 15 is 0 Å². The first-order valence-corrected chi connectivity index (χ1v) is 11.3. The fourth-order valence-electron chi connectivity index (χ4n) is 4.92. The smallest absolute Gasteiger partial charge is 0.326 e. The fraction of sp³-hybridized carbons (Fsp3) is 0.565. The number of carboxylic acids is 2. The van der Waals surface area contributed by atoms with Gasteiger partial charge in [-0.15, -0.1) is 0 Å². The van der Waals surface area contributed by atoms with Crippen molar-refractivity contribution >= 4 is 23.8 Å². The standard InChI is InChI=1S/C23H32N4O6/c1-14(25-17(22(30)31)8-7-15-5-3-2-4-6-15)21(29)27-18(23(32)33)11-16-9-10-26(13-19(16)27)20(28)12-24/h2-6,14,16-19,25H,7-13,24H2,1H3,(H,30,31)(H,32,33)/t14-,16+,17+,18+,19-/m0/s1. The van der Waals surface area contributed by atoms with Gasteiger partial charge in [0.15, 0.2) is 0 Å². The van der Waals surface area contributed by atoms with E-state index in [0.717, 1.165) is 5.56 Å². The molecule has 2 amide bonds. The SMILES string of the molecule is C[C@H](N[C@H](CCc1ccccc1)C(=O)O)C(=O)N1[C@@H](C(=O)O)C[C@H]2CCN(C(=O)CN)C[C@@H]21. The number of hydrogen-bond acceptors (Lipinski definition) is 6. The van der Waals surface area contributed by atoms with Crippen LogP contribution in [-0.4, -0.2) is 87.6 Å². The van der Waals surface area contributed by atoms with Gasteiger partial charge in [-0.05, 0) is 44.1 Å². The van der Waals surface area contributed by atoms with Crippen LogP contribution < -0.4 is 11.1 Å². The van der Waals surface area contributed by atoms with E-state index in [1.807, 2.05) is 30.3 Å². The van der Waals surface area contributed by atoms with Crippen molar-refractivity contribution in [2.45, 2.75) is 56.8 Å². The van der Waals surface area contributed by atoms with Crippen LogP contribution in [-0.2, 0) is 25.6 Å². The van der Waals surface area contributed by atoms with E-state index in [4.69, 9.17) is 5.73 Å². The normalized spacial score (nSPS) is 24.1. The molecule has 2 aliphatic rings. The first-order chi connectivity index (χ1) is 15.7. The Bertz CT molecular complexity index is 879. The Morgan fingerprint density at radius 1 is 1.18 bits per heavy atom. The molecule has 3 rings (SSSR count). The van der Waals surface area contributed by atoms with E-state index < -0.39 is 42.0 Å². The molecule has 5 N–H and O–H groups in total. The van der Waals surface area contributed by atoms with Gasteiger partial charge in [-0.25, -0.2) is 4.79 Å². The molecule has 1 aromatic carbocycles. The number of carboxylic acid groups (broad SMARTS) is 2. The van der Waals surface area contributed by atoms with Gasteiger partial charge in [0.1, 0.15) is 12.1 Å². The lowest BCUT2D eigenvalue weighted by Crippen LogP contribution is -2.59. The van der Waals surface area contributed by atoms with Crippen molar-refractivity contribution in [3.8, 4) is 0 Å². The predicted octanol–water partition coefficient (Wildman–Crippen LogP) is -0.0882. The molecule has 0 unspecified atom stereocenters. The van der Waals surface area contributed by atoms with Crippen LogP contribution in [0.3, 0.4) is 0 Å². The maximum absolute atomic E-state index is 13.4. The van der Waals surface area contributed by atoms with Crippen LogP contribution in [0.5, 0.6) is 0 Å². The van der Waals surface area contributed by atoms with E-state index in [2.05, 4.69) is 5.32 Å². The molecule has 0 spiro atoms. The van der Waals surface area contributed by atoms with Crippen LogP contribution in [0, 0.1) is 5.92 Å². The zero-order valence-electron chi connectivity index (χ0n) is 18.7. The molecule has 5 atom stereocenters. The molecule has 0 saturated carbocycles. The second-order valence-electron chi connectivity index (χ2n) is 8.80. The molecule has 1 aromatic rings. The molecule has 33 heavy (non-hydrogen) atoms. The van der Waals surface area contributed by atoms with E-state index in [1.54, 1.807) is 11.8 Å². The summed E-state index contributed by atoms with van der Waals surface area (Å²) in [6.07, 6.45) is 1.72. The Morgan fingerprint density at radius 2 is 1.88 bits per heavy atom. The van der Waals surface area contributed by atoms with Crippen LogP contribution in [0.1, 0.15) is 31.7 Å². The van der Waals surface area contributed by atoms with Crippen molar-refractivity contribution in [2.75, 3.05) is 19.6 Å². The molecule has 0 bridgehead atoms. The Morgan fingerprint density at radius 3 is 2.48 bits per heavy atom. The molecular formula is C23H32N4O6. The quantitative estimate of drug-likeness (QED) is 0.399. The number of nitrogens with one attached hydrogen (secondary N) is 1. The zero-order valence-corrected chi connectivity index (χ0v) is 18.7. The van der Waals surface area contributed by atoms with E-state index in [-0.39, 0.29) is 31.3 Å². The summed E-state index contributed by atoms with van der Waals surface area (Å²) >= 11 is 0. The average Bonchev–Trinajstić information content (AvgIpc) is 3.20. The lowest BCUT2D eigenvalue weighted by atomic mass is 9.91. The Kier molecular flexibility index (Phi) is 8.04. The number of carbonyl (C=O) groups excluding carboxylic acids is 2. The van der Waals surface area contributed by atoms with Crippen molar-refractivity contribution in [1.29, 1.82) is 0 Å². The van der Waals surface area contributed by atoms with Gasteiger partial charge in [-0.3, -0.25) is 19.7 Å². The number of benzene rings is 1. The lowest BCUT2D eigenvalue weighted by Gasteiger charge is -2.39. The highest BCUT2D eigenvalue weighted by molar-refractivity contribution is 5.88. The topological polar surface area (TPSA) is 153 Å². The van der Waals surface area contributed by atoms with Gasteiger partial charge in [0.25, 0.3) is 0 Å². The minimum absolute atomic E-state index is 0.0302. The highest BCUT2D eigenvalue weighted by atomic mass is 16.4. The lowest BCUT2D eigenvalue weighted by molar-refractivity contribution is -0.152. The van der Waals surface area contributed by atoms with Crippen molar-refractivity contribution in [3.05, 3.63) is 35.9 Å². The highest BCUT2D eigenvalue weighted by Gasteiger charge is 2.50. The maximum atomic E-state index is 13.4. The number of rotatable bonds is 9. The number of nitrogens with two attached hydrogens (primary N) is 1. The van der Waals surface area contributed by atoms with Crippen molar-refractivity contribution in [2.24, 2.45) is 11.7 Å². The second-order valence-corrected chi connectivity index (χ2v) is 8.80. The zero-order chi connectivity index (χ0) is 24.1. The van der Waals surface area contributed by atoms with Crippen LogP contribution >= 0.6 is 0 Å². The number of likely N-dealkylation sites (tertiary alicyclic amines) is 2. The van der Waals surface area contributed by atoms with Crippen LogP contribution in [0.15, 0.2) is 30.3 Å². The number of aryl methyl sites for hydroxylation is 1. The Balaban J connectivity index is 1.71. The van der Waals surface area contributed by atoms with Crippen LogP contribution in [0.2, 0.25) is 0 Å². The number of aliphatic carboxylic acids is 2. The van der Waals surface area contributed by atoms with Gasteiger partial charge < -0.3 is 25.7 Å². The summed E-state index contributed by atoms with van der Waals surface area (Å²) in [5.74, 6) is -2.91. The number of fused-ring (bicyclic) bond motifs is 1. The number of nitrogens with zero attached hydrogens (tertiary/aromatic N) is 2. The number of hydrogen-bond donors (Lipinski definition) is 4. The Labute approximate surface area is 192 Å². The maximum Gasteiger partial charge on any atom is 0.326 e. The molecule has 0 aromatic heterocycles. The molecule has 10 heteroatoms. The minimum Gasteiger partial charge on any atom is -0.480 e. The van der Waals surface area contributed by atoms with Crippen LogP contribution in [0.25, 0.3) is 0 Å². The van der Waals surface area contributed by atoms with Gasteiger partial charge in [0, 0.05) is 13.1 Å². The first-order valence-electron chi connectivity index (χ1n) is 11.3. The molecular weight excluding hydrogens is 428 g/mol. The van der Waals surface area contributed by atoms with Gasteiger partial charge >= 0.3 is 11.9 Å². The second kappa shape index (κ2) is 10.8. The summed E-state index contributed by atoms with van der Waals surface area (Å²) in [4.78, 5) is 52.1. The third kappa shape index (κ3) is 5.69. The average molecular weight is 461 g/mol. The number of piperidine rings is 1. The van der Waals surface area contributed by atoms with Gasteiger partial charge in [-0.1, -0.05) is 30.3 Å². The molecule has 2 fully saturated rings. The summed E-state index contributed by atoms with van der Waals surface area (Å²) in [5.41, 5.74) is 6.47. The van der Waals surface area contributed by atoms with E-state index in [1.165, 1.54) is 4.90 Å². The fourth-order valence-corrected chi connectivity index (χ4v) is 4.92. The third-order valence-corrected chi connectivity index (χ3v) is 6.69. The summed E-state index contributed by atoms with van der Waals surface area (Å²) in [6.45, 7) is 2.13. The highest BCUT2D eigenvalue weighted by Crippen LogP contribution is 2.36. The molecule has 10 nitrogen and oxygen atoms in total. The van der Waals surface area contributed by atoms with Gasteiger partial charge in [0.05, 0.1) is 18.6 Å². The first kappa shape index (κ1) is 24.7. The molecule has 180 valence electrons. The van der Waals surface area contributed by atoms with Crippen molar-refractivity contribution in [1.82, 2.24) is 15.1 Å². The van der Waals surface area contributed by atoms with Gasteiger partial charge in [-0.2, -0.15) is 0 Å². The largest absolute Gasteiger partial charge is 0.480 e. The molecule has 2 saturated heterocycles. The monoisotopic (exact) mass is 460 g/mol. The Hall–Kier alpha value is -2.98. The number of amides is 2. The summed E-state index contributed by atoms with van der Waals surface area (Å²) < 4.78 is 0. The molecule has 2 heterocycles. The predicted molar refractivity (Wildman–Crippen MR) is 119 cm³/mol. The number of carbonyl (C=O) groups is 4. The molecule has 0 aliphatic carbocycles. The van der Waals surface area contributed by atoms with E-state index in [9.17, 15) is 29.4 Å². The van der Waals surface area contributed by atoms with E-state index in [0.29, 0.717) is 25.8 Å². The third-order valence-electron chi connectivity index (χ3n) is 6.69. The summed E-state index contributed by atoms with van der Waals surface area (Å²) in [6, 6.07) is 6.16. The minimum atomic E-state index is -1.10. The van der Waals surface area contributed by atoms with Crippen molar-refractivity contribution in [3.63, 3.8) is 0 Å². The van der Waals surface area contributed by atoms with Crippen LogP contribution in [0.4, 0.5) is 0 Å². The summed E-state index contributed by atoms with van der Waals surface area (Å²) in [7, 11) is 0. The van der Waals surface area contributed by atoms with Gasteiger partial charge in [0.2, 0.25) is 11.8 Å². The molecule has 2 aliphatic heterocycles.